The molecule has 0 bridgehead atoms. The number of carbonyl (C=O) groups excluding carboxylic acids is 1. The third-order valence-corrected chi connectivity index (χ3v) is 4.26. The summed E-state index contributed by atoms with van der Waals surface area (Å²) >= 11 is 0. The molecule has 0 radical (unpaired) electrons. The van der Waals surface area contributed by atoms with E-state index < -0.39 is 29.4 Å². The summed E-state index contributed by atoms with van der Waals surface area (Å²) in [5.74, 6) is -0.0263. The van der Waals surface area contributed by atoms with Gasteiger partial charge in [0.25, 0.3) is 5.56 Å². The SMILES string of the molecule is COc1cccc(-c2ccc(=O)n(C(C)C(=O)Nc3ccc(C(F)(F)F)nc3)n2)c1. The van der Waals surface area contributed by atoms with Crippen molar-refractivity contribution in [1.29, 1.82) is 0 Å². The number of alkyl halides is 3. The van der Waals surface area contributed by atoms with E-state index in [9.17, 15) is 22.8 Å². The number of aromatic nitrogens is 3. The van der Waals surface area contributed by atoms with Crippen LogP contribution in [0, 0.1) is 0 Å². The molecule has 3 rings (SSSR count). The van der Waals surface area contributed by atoms with Crippen LogP contribution in [0.5, 0.6) is 5.75 Å². The Morgan fingerprint density at radius 2 is 1.93 bits per heavy atom. The van der Waals surface area contributed by atoms with E-state index in [1.807, 2.05) is 0 Å². The quantitative estimate of drug-likeness (QED) is 0.685. The third kappa shape index (κ3) is 4.65. The van der Waals surface area contributed by atoms with Crippen LogP contribution in [0.4, 0.5) is 18.9 Å². The number of ether oxygens (including phenoxy) is 1. The van der Waals surface area contributed by atoms with E-state index in [1.54, 1.807) is 24.3 Å². The van der Waals surface area contributed by atoms with Crippen LogP contribution in [-0.4, -0.2) is 27.8 Å². The number of pyridine rings is 1. The van der Waals surface area contributed by atoms with Crippen LogP contribution in [0.1, 0.15) is 18.7 Å². The minimum absolute atomic E-state index is 0.0665. The molecule has 1 N–H and O–H groups in total. The average Bonchev–Trinajstić information content (AvgIpc) is 2.73. The van der Waals surface area contributed by atoms with E-state index in [-0.39, 0.29) is 5.69 Å². The van der Waals surface area contributed by atoms with Crippen LogP contribution in [0.15, 0.2) is 59.5 Å². The number of amides is 1. The third-order valence-electron chi connectivity index (χ3n) is 4.26. The van der Waals surface area contributed by atoms with Crippen molar-refractivity contribution in [3.05, 3.63) is 70.8 Å². The number of carbonyl (C=O) groups is 1. The Morgan fingerprint density at radius 1 is 1.17 bits per heavy atom. The number of nitrogens with zero attached hydrogens (tertiary/aromatic N) is 3. The summed E-state index contributed by atoms with van der Waals surface area (Å²) in [6.07, 6.45) is -3.68. The maximum Gasteiger partial charge on any atom is 0.433 e. The molecule has 156 valence electrons. The molecule has 0 spiro atoms. The van der Waals surface area contributed by atoms with Crippen molar-refractivity contribution < 1.29 is 22.7 Å². The molecular formula is C20H17F3N4O3. The number of hydrogen-bond donors (Lipinski definition) is 1. The average molecular weight is 418 g/mol. The van der Waals surface area contributed by atoms with Crippen molar-refractivity contribution in [3.8, 4) is 17.0 Å². The zero-order valence-electron chi connectivity index (χ0n) is 16.0. The first-order chi connectivity index (χ1) is 14.2. The molecule has 2 heterocycles. The highest BCUT2D eigenvalue weighted by Gasteiger charge is 2.32. The summed E-state index contributed by atoms with van der Waals surface area (Å²) in [5.41, 5.74) is -0.379. The minimum Gasteiger partial charge on any atom is -0.497 e. The first-order valence-electron chi connectivity index (χ1n) is 8.77. The molecule has 2 aromatic heterocycles. The zero-order chi connectivity index (χ0) is 21.9. The van der Waals surface area contributed by atoms with Crippen molar-refractivity contribution in [2.45, 2.75) is 19.1 Å². The van der Waals surface area contributed by atoms with E-state index in [4.69, 9.17) is 4.74 Å². The summed E-state index contributed by atoms with van der Waals surface area (Å²) in [4.78, 5) is 28.0. The van der Waals surface area contributed by atoms with Gasteiger partial charge in [0.15, 0.2) is 0 Å². The van der Waals surface area contributed by atoms with Crippen molar-refractivity contribution in [2.75, 3.05) is 12.4 Å². The number of halogens is 3. The van der Waals surface area contributed by atoms with Gasteiger partial charge in [-0.3, -0.25) is 9.59 Å². The highest BCUT2D eigenvalue weighted by atomic mass is 19.4. The van der Waals surface area contributed by atoms with Gasteiger partial charge in [0, 0.05) is 11.6 Å². The first kappa shape index (κ1) is 21.0. The Hall–Kier alpha value is -3.69. The molecular weight excluding hydrogens is 401 g/mol. The van der Waals surface area contributed by atoms with Gasteiger partial charge in [-0.2, -0.15) is 18.3 Å². The lowest BCUT2D eigenvalue weighted by molar-refractivity contribution is -0.141. The smallest absolute Gasteiger partial charge is 0.433 e. The van der Waals surface area contributed by atoms with Crippen LogP contribution >= 0.6 is 0 Å². The normalized spacial score (nSPS) is 12.3. The Bertz CT molecular complexity index is 1110. The zero-order valence-corrected chi connectivity index (χ0v) is 16.0. The van der Waals surface area contributed by atoms with Gasteiger partial charge in [0.1, 0.15) is 17.5 Å². The van der Waals surface area contributed by atoms with Gasteiger partial charge in [-0.1, -0.05) is 12.1 Å². The maximum absolute atomic E-state index is 12.6. The molecule has 0 aliphatic rings. The molecule has 1 aromatic carbocycles. The van der Waals surface area contributed by atoms with Crippen LogP contribution < -0.4 is 15.6 Å². The molecule has 0 aliphatic carbocycles. The second-order valence-electron chi connectivity index (χ2n) is 6.33. The van der Waals surface area contributed by atoms with Gasteiger partial charge < -0.3 is 10.1 Å². The topological polar surface area (TPSA) is 86.1 Å². The molecule has 1 atom stereocenters. The number of methoxy groups -OCH3 is 1. The summed E-state index contributed by atoms with van der Waals surface area (Å²) in [7, 11) is 1.52. The lowest BCUT2D eigenvalue weighted by Crippen LogP contribution is -2.33. The first-order valence-corrected chi connectivity index (χ1v) is 8.77. The van der Waals surface area contributed by atoms with Gasteiger partial charge >= 0.3 is 6.18 Å². The number of rotatable bonds is 5. The molecule has 30 heavy (non-hydrogen) atoms. The van der Waals surface area contributed by atoms with E-state index >= 15 is 0 Å². The van der Waals surface area contributed by atoms with Crippen molar-refractivity contribution in [2.24, 2.45) is 0 Å². The Balaban J connectivity index is 1.82. The van der Waals surface area contributed by atoms with E-state index in [2.05, 4.69) is 15.4 Å². The fourth-order valence-corrected chi connectivity index (χ4v) is 2.63. The standard InChI is InChI=1S/C20H17F3N4O3/c1-12(19(29)25-14-6-8-17(24-11-14)20(21,22)23)27-18(28)9-7-16(26-27)13-4-3-5-15(10-13)30-2/h3-12H,1-2H3,(H,25,29). The lowest BCUT2D eigenvalue weighted by Gasteiger charge is -2.15. The fraction of sp³-hybridized carbons (Fsp3) is 0.200. The largest absolute Gasteiger partial charge is 0.497 e. The van der Waals surface area contributed by atoms with E-state index in [1.165, 1.54) is 26.2 Å². The van der Waals surface area contributed by atoms with E-state index in [0.29, 0.717) is 17.0 Å². The molecule has 3 aromatic rings. The molecule has 10 heteroatoms. The van der Waals surface area contributed by atoms with Crippen molar-refractivity contribution in [1.82, 2.24) is 14.8 Å². The Morgan fingerprint density at radius 3 is 2.57 bits per heavy atom. The van der Waals surface area contributed by atoms with Gasteiger partial charge in [-0.05, 0) is 37.3 Å². The molecule has 1 amide bonds. The van der Waals surface area contributed by atoms with Crippen LogP contribution in [0.2, 0.25) is 0 Å². The summed E-state index contributed by atoms with van der Waals surface area (Å²) in [6.45, 7) is 1.45. The number of benzene rings is 1. The van der Waals surface area contributed by atoms with Gasteiger partial charge in [0.05, 0.1) is 24.7 Å². The predicted molar refractivity (Wildman–Crippen MR) is 103 cm³/mol. The molecule has 0 aliphatic heterocycles. The highest BCUT2D eigenvalue weighted by Crippen LogP contribution is 2.28. The summed E-state index contributed by atoms with van der Waals surface area (Å²) < 4.78 is 44.0. The van der Waals surface area contributed by atoms with Crippen LogP contribution in [0.25, 0.3) is 11.3 Å². The molecule has 1 unspecified atom stereocenters. The second kappa shape index (κ2) is 8.36. The second-order valence-corrected chi connectivity index (χ2v) is 6.33. The molecule has 0 fully saturated rings. The molecule has 7 nitrogen and oxygen atoms in total. The monoisotopic (exact) mass is 418 g/mol. The maximum atomic E-state index is 12.6. The van der Waals surface area contributed by atoms with Crippen molar-refractivity contribution in [3.63, 3.8) is 0 Å². The Labute approximate surface area is 169 Å². The minimum atomic E-state index is -4.58. The molecule has 0 saturated carbocycles. The van der Waals surface area contributed by atoms with Crippen LogP contribution in [0.3, 0.4) is 0 Å². The van der Waals surface area contributed by atoms with Crippen LogP contribution in [-0.2, 0) is 11.0 Å². The highest BCUT2D eigenvalue weighted by molar-refractivity contribution is 5.93. The van der Waals surface area contributed by atoms with Gasteiger partial charge in [-0.15, -0.1) is 0 Å². The summed E-state index contributed by atoms with van der Waals surface area (Å²) in [6, 6.07) is 10.7. The number of hydrogen-bond acceptors (Lipinski definition) is 5. The van der Waals surface area contributed by atoms with E-state index in [0.717, 1.165) is 23.0 Å². The summed E-state index contributed by atoms with van der Waals surface area (Å²) in [5, 5.41) is 6.69. The molecule has 0 saturated heterocycles. The fourth-order valence-electron chi connectivity index (χ4n) is 2.63. The predicted octanol–water partition coefficient (Wildman–Crippen LogP) is 3.53. The van der Waals surface area contributed by atoms with Gasteiger partial charge in [0.2, 0.25) is 5.91 Å². The van der Waals surface area contributed by atoms with Crippen molar-refractivity contribution >= 4 is 11.6 Å². The number of anilines is 1. The lowest BCUT2D eigenvalue weighted by atomic mass is 10.1. The Kier molecular flexibility index (Phi) is 5.86. The number of nitrogens with one attached hydrogen (secondary N) is 1. The van der Waals surface area contributed by atoms with Gasteiger partial charge in [-0.25, -0.2) is 9.67 Å².